The van der Waals surface area contributed by atoms with Crippen LogP contribution in [0.5, 0.6) is 0 Å². The Balaban J connectivity index is 3.62. The Kier molecular flexibility index (Phi) is 8.16. The fraction of sp³-hybridized carbons (Fsp3) is 0.889. The fourth-order valence-corrected chi connectivity index (χ4v) is 1.33. The molecule has 0 N–H and O–H groups in total. The third kappa shape index (κ3) is 8.44. The molecule has 1 unspecified atom stereocenters. The fourth-order valence-electron chi connectivity index (χ4n) is 0.947. The van der Waals surface area contributed by atoms with E-state index in [1.165, 1.54) is 0 Å². The summed E-state index contributed by atoms with van der Waals surface area (Å²) >= 11 is 21.8. The molecule has 0 radical (unpaired) electrons. The first-order valence-corrected chi connectivity index (χ1v) is 6.33. The maximum Gasteiger partial charge on any atom is 0.358 e. The molecule has 90 valence electrons. The van der Waals surface area contributed by atoms with Crippen molar-refractivity contribution < 1.29 is 9.53 Å². The molecule has 0 rings (SSSR count). The van der Waals surface area contributed by atoms with Gasteiger partial charge in [0.15, 0.2) is 0 Å². The number of unbranched alkanes of at least 4 members (excludes halogenated alkanes) is 2. The monoisotopic (exact) mass is 294 g/mol. The van der Waals surface area contributed by atoms with Crippen molar-refractivity contribution in [3.05, 3.63) is 0 Å². The highest BCUT2D eigenvalue weighted by Gasteiger charge is 2.32. The number of rotatable bonds is 6. The lowest BCUT2D eigenvalue weighted by molar-refractivity contribution is -0.142. The van der Waals surface area contributed by atoms with Gasteiger partial charge in [-0.2, -0.15) is 0 Å². The van der Waals surface area contributed by atoms with E-state index in [9.17, 15) is 4.79 Å². The highest BCUT2D eigenvalue weighted by molar-refractivity contribution is 6.75. The number of carbonyl (C=O) groups is 1. The number of carbonyl (C=O) groups excluding carboxylic acids is 1. The molecule has 0 aliphatic carbocycles. The minimum atomic E-state index is -2.01. The van der Waals surface area contributed by atoms with Crippen molar-refractivity contribution >= 4 is 52.4 Å². The summed E-state index contributed by atoms with van der Waals surface area (Å²) < 4.78 is 2.72. The van der Waals surface area contributed by atoms with Crippen LogP contribution in [0.1, 0.15) is 32.6 Å². The van der Waals surface area contributed by atoms with Gasteiger partial charge >= 0.3 is 5.97 Å². The molecule has 0 aromatic heterocycles. The Morgan fingerprint density at radius 1 is 1.33 bits per heavy atom. The van der Waals surface area contributed by atoms with Crippen molar-refractivity contribution in [1.82, 2.24) is 0 Å². The number of halogens is 4. The SMILES string of the molecule is CCCCCC(Cl)COC(=O)C(Cl)(Cl)Cl. The standard InChI is InChI=1S/C9H14Cl4O2/c1-2-3-4-5-7(10)6-15-8(14)9(11,12)13/h7H,2-6H2,1H3. The summed E-state index contributed by atoms with van der Waals surface area (Å²) in [6.07, 6.45) is 4.04. The third-order valence-corrected chi connectivity index (χ3v) is 2.55. The molecule has 0 heterocycles. The first-order chi connectivity index (χ1) is 6.88. The lowest BCUT2D eigenvalue weighted by atomic mass is 10.1. The van der Waals surface area contributed by atoms with E-state index in [0.29, 0.717) is 0 Å². The molecule has 0 bridgehead atoms. The summed E-state index contributed by atoms with van der Waals surface area (Å²) in [5.74, 6) is -0.881. The molecule has 0 fully saturated rings. The normalized spacial score (nSPS) is 13.7. The van der Waals surface area contributed by atoms with Gasteiger partial charge < -0.3 is 4.74 Å². The van der Waals surface area contributed by atoms with Gasteiger partial charge in [-0.05, 0) is 6.42 Å². The molecule has 1 atom stereocenters. The third-order valence-electron chi connectivity index (χ3n) is 1.75. The smallest absolute Gasteiger partial charge is 0.358 e. The van der Waals surface area contributed by atoms with Crippen LogP contribution in [-0.4, -0.2) is 21.7 Å². The van der Waals surface area contributed by atoms with Gasteiger partial charge in [0, 0.05) is 0 Å². The van der Waals surface area contributed by atoms with Crippen LogP contribution in [0.3, 0.4) is 0 Å². The summed E-state index contributed by atoms with van der Waals surface area (Å²) in [6.45, 7) is 2.18. The Hall–Kier alpha value is 0.630. The van der Waals surface area contributed by atoms with E-state index >= 15 is 0 Å². The predicted octanol–water partition coefficient (Wildman–Crippen LogP) is 4.09. The number of ether oxygens (including phenoxy) is 1. The molecular weight excluding hydrogens is 282 g/mol. The van der Waals surface area contributed by atoms with Gasteiger partial charge in [0.2, 0.25) is 0 Å². The summed E-state index contributed by atoms with van der Waals surface area (Å²) in [7, 11) is 0. The van der Waals surface area contributed by atoms with Gasteiger partial charge in [0.25, 0.3) is 3.79 Å². The highest BCUT2D eigenvalue weighted by atomic mass is 35.6. The van der Waals surface area contributed by atoms with Crippen molar-refractivity contribution in [2.75, 3.05) is 6.61 Å². The lowest BCUT2D eigenvalue weighted by Crippen LogP contribution is -2.25. The van der Waals surface area contributed by atoms with Crippen molar-refractivity contribution in [3.63, 3.8) is 0 Å². The molecule has 0 aliphatic heterocycles. The van der Waals surface area contributed by atoms with Crippen LogP contribution in [0.2, 0.25) is 0 Å². The topological polar surface area (TPSA) is 26.3 Å². The maximum atomic E-state index is 11.0. The zero-order valence-electron chi connectivity index (χ0n) is 8.44. The molecular formula is C9H14Cl4O2. The van der Waals surface area contributed by atoms with Gasteiger partial charge in [-0.1, -0.05) is 61.0 Å². The van der Waals surface area contributed by atoms with E-state index in [1.807, 2.05) is 0 Å². The van der Waals surface area contributed by atoms with Gasteiger partial charge in [-0.15, -0.1) is 11.6 Å². The van der Waals surface area contributed by atoms with E-state index < -0.39 is 9.76 Å². The van der Waals surface area contributed by atoms with E-state index in [0.717, 1.165) is 25.7 Å². The molecule has 0 amide bonds. The number of hydrogen-bond donors (Lipinski definition) is 0. The van der Waals surface area contributed by atoms with Crippen LogP contribution >= 0.6 is 46.4 Å². The lowest BCUT2D eigenvalue weighted by Gasteiger charge is -2.13. The van der Waals surface area contributed by atoms with Gasteiger partial charge in [-0.3, -0.25) is 0 Å². The summed E-state index contributed by atoms with van der Waals surface area (Å²) in [6, 6.07) is 0. The van der Waals surface area contributed by atoms with Crippen LogP contribution in [0.4, 0.5) is 0 Å². The molecule has 0 aromatic rings. The maximum absolute atomic E-state index is 11.0. The van der Waals surface area contributed by atoms with Crippen molar-refractivity contribution in [1.29, 1.82) is 0 Å². The summed E-state index contributed by atoms with van der Waals surface area (Å²) in [5.41, 5.74) is 0. The zero-order valence-corrected chi connectivity index (χ0v) is 11.5. The average molecular weight is 296 g/mol. The van der Waals surface area contributed by atoms with Crippen LogP contribution in [-0.2, 0) is 9.53 Å². The number of hydrogen-bond acceptors (Lipinski definition) is 2. The second kappa shape index (κ2) is 7.83. The second-order valence-corrected chi connectivity index (χ2v) is 6.09. The molecule has 0 spiro atoms. The minimum absolute atomic E-state index is 0.0814. The first kappa shape index (κ1) is 15.6. The molecule has 0 saturated heterocycles. The molecule has 2 nitrogen and oxygen atoms in total. The van der Waals surface area contributed by atoms with Crippen LogP contribution in [0, 0.1) is 0 Å². The van der Waals surface area contributed by atoms with Gasteiger partial charge in [0.1, 0.15) is 6.61 Å². The van der Waals surface area contributed by atoms with Crippen LogP contribution < -0.4 is 0 Å². The Morgan fingerprint density at radius 3 is 2.40 bits per heavy atom. The Morgan fingerprint density at radius 2 is 1.93 bits per heavy atom. The minimum Gasteiger partial charge on any atom is -0.461 e. The quantitative estimate of drug-likeness (QED) is 0.419. The summed E-state index contributed by atoms with van der Waals surface area (Å²) in [5, 5.41) is -0.215. The van der Waals surface area contributed by atoms with E-state index in [-0.39, 0.29) is 12.0 Å². The van der Waals surface area contributed by atoms with Crippen molar-refractivity contribution in [2.24, 2.45) is 0 Å². The molecule has 6 heteroatoms. The first-order valence-electron chi connectivity index (χ1n) is 4.76. The predicted molar refractivity (Wildman–Crippen MR) is 65.0 cm³/mol. The Bertz CT molecular complexity index is 191. The van der Waals surface area contributed by atoms with Crippen LogP contribution in [0.25, 0.3) is 0 Å². The Labute approximate surface area is 110 Å². The van der Waals surface area contributed by atoms with E-state index in [2.05, 4.69) is 6.92 Å². The van der Waals surface area contributed by atoms with Gasteiger partial charge in [-0.25, -0.2) is 4.79 Å². The number of alkyl halides is 4. The van der Waals surface area contributed by atoms with Crippen LogP contribution in [0.15, 0.2) is 0 Å². The molecule has 15 heavy (non-hydrogen) atoms. The van der Waals surface area contributed by atoms with Gasteiger partial charge in [0.05, 0.1) is 5.38 Å². The van der Waals surface area contributed by atoms with E-state index in [4.69, 9.17) is 51.1 Å². The number of esters is 1. The highest BCUT2D eigenvalue weighted by Crippen LogP contribution is 2.27. The zero-order chi connectivity index (χ0) is 11.9. The summed E-state index contributed by atoms with van der Waals surface area (Å²) in [4.78, 5) is 11.0. The van der Waals surface area contributed by atoms with Crippen molar-refractivity contribution in [3.8, 4) is 0 Å². The molecule has 0 saturated carbocycles. The largest absolute Gasteiger partial charge is 0.461 e. The van der Waals surface area contributed by atoms with Crippen molar-refractivity contribution in [2.45, 2.75) is 41.8 Å². The average Bonchev–Trinajstić information content (AvgIpc) is 2.13. The molecule has 0 aliphatic rings. The van der Waals surface area contributed by atoms with E-state index in [1.54, 1.807) is 0 Å². The second-order valence-electron chi connectivity index (χ2n) is 3.19. The molecule has 0 aromatic carbocycles.